The van der Waals surface area contributed by atoms with Crippen molar-refractivity contribution in [2.75, 3.05) is 0 Å². The van der Waals surface area contributed by atoms with Crippen LogP contribution in [0.5, 0.6) is 0 Å². The molecule has 0 fully saturated rings. The van der Waals surface area contributed by atoms with Gasteiger partial charge in [0.15, 0.2) is 0 Å². The summed E-state index contributed by atoms with van der Waals surface area (Å²) < 4.78 is 24.6. The van der Waals surface area contributed by atoms with Crippen LogP contribution in [0.2, 0.25) is 5.02 Å². The lowest BCUT2D eigenvalue weighted by Gasteiger charge is -2.15. The molecule has 192 valence electrons. The Morgan fingerprint density at radius 1 is 1.03 bits per heavy atom. The number of benzene rings is 3. The van der Waals surface area contributed by atoms with Gasteiger partial charge in [0.25, 0.3) is 0 Å². The van der Waals surface area contributed by atoms with E-state index >= 15 is 0 Å². The van der Waals surface area contributed by atoms with E-state index in [-0.39, 0.29) is 29.8 Å². The van der Waals surface area contributed by atoms with Crippen LogP contribution >= 0.6 is 11.6 Å². The largest absolute Gasteiger partial charge is 0.480 e. The molecule has 0 spiro atoms. The van der Waals surface area contributed by atoms with E-state index in [0.29, 0.717) is 27.1 Å². The first-order chi connectivity index (χ1) is 18.2. The number of furan rings is 1. The van der Waals surface area contributed by atoms with Crippen molar-refractivity contribution in [3.63, 3.8) is 0 Å². The van der Waals surface area contributed by atoms with E-state index in [1.165, 1.54) is 12.1 Å². The third-order valence-corrected chi connectivity index (χ3v) is 6.71. The van der Waals surface area contributed by atoms with Gasteiger partial charge in [0, 0.05) is 33.8 Å². The van der Waals surface area contributed by atoms with E-state index in [1.807, 2.05) is 0 Å². The summed E-state index contributed by atoms with van der Waals surface area (Å²) in [4.78, 5) is 37.4. The van der Waals surface area contributed by atoms with Crippen LogP contribution in [-0.2, 0) is 22.4 Å². The molecule has 0 aliphatic heterocycles. The van der Waals surface area contributed by atoms with Gasteiger partial charge < -0.3 is 19.3 Å². The van der Waals surface area contributed by atoms with Crippen LogP contribution in [0.1, 0.15) is 16.7 Å². The first kappa shape index (κ1) is 25.2. The summed E-state index contributed by atoms with van der Waals surface area (Å²) in [6, 6.07) is 14.8. The maximum Gasteiger partial charge on any atom is 0.340 e. The van der Waals surface area contributed by atoms with Gasteiger partial charge in [-0.1, -0.05) is 35.9 Å². The Morgan fingerprint density at radius 3 is 2.42 bits per heavy atom. The number of hydrogen-bond acceptors (Lipinski definition) is 5. The molecule has 0 saturated carbocycles. The number of amides is 1. The molecule has 3 aromatic carbocycles. The predicted octanol–water partition coefficient (Wildman–Crippen LogP) is 5.66. The fourth-order valence-corrected chi connectivity index (χ4v) is 4.56. The van der Waals surface area contributed by atoms with Crippen molar-refractivity contribution in [2.45, 2.75) is 25.8 Å². The van der Waals surface area contributed by atoms with Gasteiger partial charge in [-0.2, -0.15) is 0 Å². The second-order valence-electron chi connectivity index (χ2n) is 8.96. The fourth-order valence-electron chi connectivity index (χ4n) is 4.43. The summed E-state index contributed by atoms with van der Waals surface area (Å²) >= 11 is 5.88. The van der Waals surface area contributed by atoms with Crippen molar-refractivity contribution < 1.29 is 27.9 Å². The van der Waals surface area contributed by atoms with Crippen LogP contribution in [0, 0.1) is 12.7 Å². The molecule has 1 atom stereocenters. The first-order valence-corrected chi connectivity index (χ1v) is 12.1. The monoisotopic (exact) mass is 533 g/mol. The Labute approximate surface area is 220 Å². The van der Waals surface area contributed by atoms with Gasteiger partial charge in [-0.15, -0.1) is 0 Å². The minimum Gasteiger partial charge on any atom is -0.480 e. The molecule has 0 radical (unpaired) electrons. The topological polar surface area (TPSA) is 110 Å². The maximum absolute atomic E-state index is 13.4. The number of hydrogen-bond donors (Lipinski definition) is 2. The number of carboxylic acid groups (broad SMARTS) is 1. The highest BCUT2D eigenvalue weighted by Crippen LogP contribution is 2.34. The first-order valence-electron chi connectivity index (χ1n) is 11.7. The Hall–Kier alpha value is -4.43. The predicted molar refractivity (Wildman–Crippen MR) is 141 cm³/mol. The van der Waals surface area contributed by atoms with Crippen LogP contribution in [0.15, 0.2) is 80.6 Å². The van der Waals surface area contributed by atoms with E-state index in [9.17, 15) is 23.9 Å². The molecule has 2 aromatic heterocycles. The van der Waals surface area contributed by atoms with Gasteiger partial charge in [-0.25, -0.2) is 14.0 Å². The van der Waals surface area contributed by atoms with Gasteiger partial charge in [0.1, 0.15) is 23.0 Å². The molecule has 1 amide bonds. The number of aryl methyl sites for hydroxylation is 1. The average Bonchev–Trinajstić information content (AvgIpc) is 3.29. The lowest BCUT2D eigenvalue weighted by Crippen LogP contribution is -2.43. The van der Waals surface area contributed by atoms with Crippen LogP contribution in [0.3, 0.4) is 0 Å². The second kappa shape index (κ2) is 10.1. The average molecular weight is 534 g/mol. The second-order valence-corrected chi connectivity index (χ2v) is 9.40. The Balaban J connectivity index is 1.45. The Kier molecular flexibility index (Phi) is 6.73. The maximum atomic E-state index is 13.4. The summed E-state index contributed by atoms with van der Waals surface area (Å²) in [6.45, 7) is 1.70. The number of carboxylic acids is 1. The highest BCUT2D eigenvalue weighted by molar-refractivity contribution is 6.30. The smallest absolute Gasteiger partial charge is 0.340 e. The molecular weight excluding hydrogens is 513 g/mol. The molecule has 9 heteroatoms. The van der Waals surface area contributed by atoms with Gasteiger partial charge in [0.2, 0.25) is 5.91 Å². The van der Waals surface area contributed by atoms with E-state index < -0.39 is 23.5 Å². The molecule has 0 aliphatic rings. The number of aliphatic carboxylic acids is 1. The highest BCUT2D eigenvalue weighted by Gasteiger charge is 2.23. The normalized spacial score (nSPS) is 12.1. The Morgan fingerprint density at radius 2 is 1.74 bits per heavy atom. The zero-order chi connectivity index (χ0) is 27.0. The number of halogens is 2. The van der Waals surface area contributed by atoms with E-state index in [4.69, 9.17) is 20.4 Å². The van der Waals surface area contributed by atoms with E-state index in [1.54, 1.807) is 61.7 Å². The summed E-state index contributed by atoms with van der Waals surface area (Å²) in [5.74, 6) is -2.19. The lowest BCUT2D eigenvalue weighted by atomic mass is 9.99. The minimum atomic E-state index is -1.20. The van der Waals surface area contributed by atoms with Crippen molar-refractivity contribution >= 4 is 45.4 Å². The number of fused-ring (bicyclic) bond motifs is 2. The molecule has 0 bridgehead atoms. The molecule has 38 heavy (non-hydrogen) atoms. The van der Waals surface area contributed by atoms with Gasteiger partial charge in [0.05, 0.1) is 18.2 Å². The minimum absolute atomic E-state index is 0.0498. The third-order valence-electron chi connectivity index (χ3n) is 6.46. The van der Waals surface area contributed by atoms with Crippen LogP contribution in [-0.4, -0.2) is 23.0 Å². The molecule has 0 saturated heterocycles. The number of carbonyl (C=O) groups excluding carboxylic acids is 1. The zero-order valence-corrected chi connectivity index (χ0v) is 20.8. The molecule has 2 heterocycles. The third kappa shape index (κ3) is 5.03. The summed E-state index contributed by atoms with van der Waals surface area (Å²) in [5.41, 5.74) is 2.90. The van der Waals surface area contributed by atoms with Crippen molar-refractivity contribution in [2.24, 2.45) is 0 Å². The molecule has 7 nitrogen and oxygen atoms in total. The molecule has 5 rings (SSSR count). The Bertz CT molecular complexity index is 1740. The number of rotatable bonds is 7. The zero-order valence-electron chi connectivity index (χ0n) is 20.1. The van der Waals surface area contributed by atoms with Crippen molar-refractivity contribution in [1.29, 1.82) is 0 Å². The van der Waals surface area contributed by atoms with Gasteiger partial charge >= 0.3 is 11.6 Å². The van der Waals surface area contributed by atoms with E-state index in [2.05, 4.69) is 5.32 Å². The number of carbonyl (C=O) groups is 2. The van der Waals surface area contributed by atoms with Crippen LogP contribution in [0.25, 0.3) is 33.1 Å². The van der Waals surface area contributed by atoms with Gasteiger partial charge in [-0.3, -0.25) is 4.79 Å². The highest BCUT2D eigenvalue weighted by atomic mass is 35.5. The summed E-state index contributed by atoms with van der Waals surface area (Å²) in [7, 11) is 0. The summed E-state index contributed by atoms with van der Waals surface area (Å²) in [5, 5.41) is 14.0. The fraction of sp³-hybridized carbons (Fsp3) is 0.138. The summed E-state index contributed by atoms with van der Waals surface area (Å²) in [6.07, 6.45) is 1.24. The number of nitrogens with one attached hydrogen (secondary N) is 1. The lowest BCUT2D eigenvalue weighted by molar-refractivity contribution is -0.141. The molecular formula is C29H21ClFNO6. The van der Waals surface area contributed by atoms with Crippen LogP contribution in [0.4, 0.5) is 4.39 Å². The SMILES string of the molecule is Cc1c(CC(=O)NC(Cc2ccc(Cl)cc2)C(=O)O)c(=O)oc2cc3occ(-c4ccc(F)cc4)c3cc12. The molecule has 2 N–H and O–H groups in total. The van der Waals surface area contributed by atoms with Gasteiger partial charge in [-0.05, 0) is 53.9 Å². The van der Waals surface area contributed by atoms with Crippen molar-refractivity contribution in [1.82, 2.24) is 5.32 Å². The van der Waals surface area contributed by atoms with E-state index in [0.717, 1.165) is 16.5 Å². The standard InChI is InChI=1S/C29H21ClFNO6/c1-15-20-11-22-23(17-4-8-19(31)9-5-17)14-37-25(22)13-26(20)38-29(36)21(15)12-27(33)32-24(28(34)35)10-16-2-6-18(30)7-3-16/h2-9,11,13-14,24H,10,12H2,1H3,(H,32,33)(H,34,35). The quantitative estimate of drug-likeness (QED) is 0.261. The van der Waals surface area contributed by atoms with Crippen molar-refractivity contribution in [3.05, 3.63) is 105 Å². The van der Waals surface area contributed by atoms with Crippen molar-refractivity contribution in [3.8, 4) is 11.1 Å². The van der Waals surface area contributed by atoms with Crippen LogP contribution < -0.4 is 10.9 Å². The molecule has 0 aliphatic carbocycles. The molecule has 5 aromatic rings. The molecule has 1 unspecified atom stereocenters.